The molecule has 0 atom stereocenters. The molecule has 1 saturated heterocycles. The highest BCUT2D eigenvalue weighted by molar-refractivity contribution is 4.83. The first-order valence-electron chi connectivity index (χ1n) is 4.67. The monoisotopic (exact) mass is 167 g/mol. The molecule has 0 N–H and O–H groups in total. The Labute approximate surface area is 74.9 Å². The molecule has 12 heavy (non-hydrogen) atoms. The predicted octanol–water partition coefficient (Wildman–Crippen LogP) is 1.12. The van der Waals surface area contributed by atoms with E-state index in [1.165, 1.54) is 6.54 Å². The maximum atomic E-state index is 5.35. The Morgan fingerprint density at radius 3 is 3.08 bits per heavy atom. The van der Waals surface area contributed by atoms with Gasteiger partial charge in [-0.2, -0.15) is 0 Å². The van der Waals surface area contributed by atoms with Crippen LogP contribution in [0.25, 0.3) is 0 Å². The van der Waals surface area contributed by atoms with Crippen molar-refractivity contribution in [2.45, 2.75) is 19.3 Å². The third-order valence-electron chi connectivity index (χ3n) is 2.11. The first-order chi connectivity index (χ1) is 5.93. The molecule has 0 aromatic heterocycles. The van der Waals surface area contributed by atoms with Crippen molar-refractivity contribution in [3.05, 3.63) is 0 Å². The van der Waals surface area contributed by atoms with Crippen molar-refractivity contribution in [2.75, 3.05) is 32.8 Å². The normalized spacial score (nSPS) is 19.9. The fourth-order valence-electron chi connectivity index (χ4n) is 1.43. The number of terminal acetylenes is 1. The first kappa shape index (κ1) is 9.57. The van der Waals surface area contributed by atoms with Gasteiger partial charge >= 0.3 is 0 Å². The molecule has 2 nitrogen and oxygen atoms in total. The van der Waals surface area contributed by atoms with E-state index < -0.39 is 0 Å². The lowest BCUT2D eigenvalue weighted by Gasteiger charge is -2.17. The van der Waals surface area contributed by atoms with Gasteiger partial charge < -0.3 is 9.64 Å². The van der Waals surface area contributed by atoms with E-state index in [0.717, 1.165) is 45.6 Å². The van der Waals surface area contributed by atoms with Crippen LogP contribution in [0.3, 0.4) is 0 Å². The summed E-state index contributed by atoms with van der Waals surface area (Å²) in [6.45, 7) is 5.18. The lowest BCUT2D eigenvalue weighted by Crippen LogP contribution is -2.27. The summed E-state index contributed by atoms with van der Waals surface area (Å²) in [6.07, 6.45) is 8.37. The summed E-state index contributed by atoms with van der Waals surface area (Å²) in [5.74, 6) is 2.66. The zero-order valence-corrected chi connectivity index (χ0v) is 7.59. The standard InChI is InChI=1S/C10H17NO/c1-2-3-4-6-11-7-5-9-12-10-8-11/h1H,3-10H2. The third kappa shape index (κ3) is 3.75. The largest absolute Gasteiger partial charge is 0.380 e. The van der Waals surface area contributed by atoms with Gasteiger partial charge in [0.25, 0.3) is 0 Å². The van der Waals surface area contributed by atoms with Crippen molar-refractivity contribution in [1.29, 1.82) is 0 Å². The summed E-state index contributed by atoms with van der Waals surface area (Å²) >= 11 is 0. The van der Waals surface area contributed by atoms with Gasteiger partial charge in [-0.15, -0.1) is 12.3 Å². The molecule has 1 fully saturated rings. The minimum absolute atomic E-state index is 0.885. The van der Waals surface area contributed by atoms with Crippen LogP contribution in [-0.2, 0) is 4.74 Å². The molecular formula is C10H17NO. The topological polar surface area (TPSA) is 12.5 Å². The maximum Gasteiger partial charge on any atom is 0.0593 e. The molecule has 0 saturated carbocycles. The SMILES string of the molecule is C#CCCCN1CCCOCC1. The lowest BCUT2D eigenvalue weighted by molar-refractivity contribution is 0.141. The van der Waals surface area contributed by atoms with Crippen molar-refractivity contribution in [3.8, 4) is 12.3 Å². The molecule has 0 aromatic rings. The molecule has 68 valence electrons. The van der Waals surface area contributed by atoms with E-state index in [9.17, 15) is 0 Å². The van der Waals surface area contributed by atoms with Crippen LogP contribution < -0.4 is 0 Å². The summed E-state index contributed by atoms with van der Waals surface area (Å²) in [5, 5.41) is 0. The van der Waals surface area contributed by atoms with Gasteiger partial charge in [0.05, 0.1) is 6.61 Å². The predicted molar refractivity (Wildman–Crippen MR) is 49.9 cm³/mol. The molecule has 0 aliphatic carbocycles. The summed E-state index contributed by atoms with van der Waals surface area (Å²) in [4.78, 5) is 2.43. The molecular weight excluding hydrogens is 150 g/mol. The summed E-state index contributed by atoms with van der Waals surface area (Å²) in [7, 11) is 0. The number of hydrogen-bond donors (Lipinski definition) is 0. The van der Waals surface area contributed by atoms with Gasteiger partial charge in [0.1, 0.15) is 0 Å². The molecule has 0 amide bonds. The Bertz CT molecular complexity index is 142. The average molecular weight is 167 g/mol. The van der Waals surface area contributed by atoms with Gasteiger partial charge in [0, 0.05) is 26.1 Å². The number of nitrogens with zero attached hydrogens (tertiary/aromatic N) is 1. The Morgan fingerprint density at radius 1 is 1.33 bits per heavy atom. The van der Waals surface area contributed by atoms with Crippen LogP contribution in [0.1, 0.15) is 19.3 Å². The summed E-state index contributed by atoms with van der Waals surface area (Å²) in [5.41, 5.74) is 0. The lowest BCUT2D eigenvalue weighted by atomic mass is 10.3. The van der Waals surface area contributed by atoms with E-state index in [-0.39, 0.29) is 0 Å². The van der Waals surface area contributed by atoms with Gasteiger partial charge in [-0.1, -0.05) is 0 Å². The molecule has 2 heteroatoms. The van der Waals surface area contributed by atoms with Gasteiger partial charge in [-0.25, -0.2) is 0 Å². The Balaban J connectivity index is 2.08. The molecule has 0 bridgehead atoms. The van der Waals surface area contributed by atoms with Crippen LogP contribution in [0.5, 0.6) is 0 Å². The maximum absolute atomic E-state index is 5.35. The third-order valence-corrected chi connectivity index (χ3v) is 2.11. The average Bonchev–Trinajstić information content (AvgIpc) is 2.33. The fraction of sp³-hybridized carbons (Fsp3) is 0.800. The van der Waals surface area contributed by atoms with E-state index in [1.54, 1.807) is 0 Å². The van der Waals surface area contributed by atoms with Crippen LogP contribution in [-0.4, -0.2) is 37.7 Å². The van der Waals surface area contributed by atoms with Gasteiger partial charge in [-0.3, -0.25) is 0 Å². The fourth-order valence-corrected chi connectivity index (χ4v) is 1.43. The van der Waals surface area contributed by atoms with Crippen LogP contribution in [0.2, 0.25) is 0 Å². The highest BCUT2D eigenvalue weighted by Gasteiger charge is 2.07. The van der Waals surface area contributed by atoms with Crippen molar-refractivity contribution in [1.82, 2.24) is 4.90 Å². The highest BCUT2D eigenvalue weighted by atomic mass is 16.5. The van der Waals surface area contributed by atoms with Gasteiger partial charge in [0.15, 0.2) is 0 Å². The Kier molecular flexibility index (Phi) is 4.82. The van der Waals surface area contributed by atoms with Crippen LogP contribution >= 0.6 is 0 Å². The van der Waals surface area contributed by atoms with E-state index >= 15 is 0 Å². The zero-order valence-electron chi connectivity index (χ0n) is 7.59. The van der Waals surface area contributed by atoms with Gasteiger partial charge in [0.2, 0.25) is 0 Å². The zero-order chi connectivity index (χ0) is 8.65. The quantitative estimate of drug-likeness (QED) is 0.461. The number of ether oxygens (including phenoxy) is 1. The first-order valence-corrected chi connectivity index (χ1v) is 4.67. The molecule has 0 unspecified atom stereocenters. The number of rotatable bonds is 3. The van der Waals surface area contributed by atoms with E-state index in [4.69, 9.17) is 11.2 Å². The molecule has 1 heterocycles. The second-order valence-corrected chi connectivity index (χ2v) is 3.12. The van der Waals surface area contributed by atoms with E-state index in [2.05, 4.69) is 10.8 Å². The van der Waals surface area contributed by atoms with Crippen molar-refractivity contribution >= 4 is 0 Å². The highest BCUT2D eigenvalue weighted by Crippen LogP contribution is 2.00. The number of unbranched alkanes of at least 4 members (excludes halogenated alkanes) is 1. The summed E-state index contributed by atoms with van der Waals surface area (Å²) in [6, 6.07) is 0. The molecule has 0 spiro atoms. The number of hydrogen-bond acceptors (Lipinski definition) is 2. The van der Waals surface area contributed by atoms with Gasteiger partial charge in [-0.05, 0) is 19.4 Å². The second kappa shape index (κ2) is 6.05. The molecule has 0 aromatic carbocycles. The summed E-state index contributed by atoms with van der Waals surface area (Å²) < 4.78 is 5.35. The minimum atomic E-state index is 0.885. The van der Waals surface area contributed by atoms with Crippen LogP contribution in [0, 0.1) is 12.3 Å². The van der Waals surface area contributed by atoms with E-state index in [1.807, 2.05) is 0 Å². The molecule has 1 aliphatic rings. The van der Waals surface area contributed by atoms with Crippen LogP contribution in [0.4, 0.5) is 0 Å². The minimum Gasteiger partial charge on any atom is -0.380 e. The van der Waals surface area contributed by atoms with Crippen molar-refractivity contribution in [3.63, 3.8) is 0 Å². The molecule has 1 aliphatic heterocycles. The van der Waals surface area contributed by atoms with E-state index in [0.29, 0.717) is 0 Å². The van der Waals surface area contributed by atoms with Crippen molar-refractivity contribution < 1.29 is 4.74 Å². The Hall–Kier alpha value is -0.520. The van der Waals surface area contributed by atoms with Crippen LogP contribution in [0.15, 0.2) is 0 Å². The van der Waals surface area contributed by atoms with Crippen molar-refractivity contribution in [2.24, 2.45) is 0 Å². The smallest absolute Gasteiger partial charge is 0.0593 e. The Morgan fingerprint density at radius 2 is 2.25 bits per heavy atom. The second-order valence-electron chi connectivity index (χ2n) is 3.12. The molecule has 1 rings (SSSR count). The molecule has 0 radical (unpaired) electrons.